The number of nitrogens with one attached hydrogen (secondary N) is 9. The highest BCUT2D eigenvalue weighted by Crippen LogP contribution is 2.12. The molecule has 9 atom stereocenters. The van der Waals surface area contributed by atoms with E-state index < -0.39 is 153 Å². The van der Waals surface area contributed by atoms with Crippen LogP contribution in [0, 0.1) is 0 Å². The number of rotatable bonds is 40. The Hall–Kier alpha value is -6.40. The number of unbranched alkanes of at least 4 members (excludes halogenated alkanes) is 10. The predicted molar refractivity (Wildman–Crippen MR) is 279 cm³/mol. The normalized spacial score (nSPS) is 14.6. The molecule has 0 aliphatic carbocycles. The fourth-order valence-electron chi connectivity index (χ4n) is 7.30. The molecule has 0 bridgehead atoms. The average Bonchev–Trinajstić information content (AvgIpc) is 3.40. The Morgan fingerprint density at radius 1 is 0.360 bits per heavy atom. The van der Waals surface area contributed by atoms with E-state index in [1.165, 1.54) is 38.5 Å². The first-order chi connectivity index (χ1) is 35.9. The van der Waals surface area contributed by atoms with Crippen molar-refractivity contribution in [2.75, 3.05) is 52.4 Å². The lowest BCUT2D eigenvalue weighted by molar-refractivity contribution is -0.142. The second-order valence-corrected chi connectivity index (χ2v) is 17.8. The summed E-state index contributed by atoms with van der Waals surface area (Å²) in [6, 6.07) is -4.58. The second kappa shape index (κ2) is 38.2. The molecule has 0 saturated heterocycles. The molecule has 1 aromatic carbocycles. The van der Waals surface area contributed by atoms with E-state index in [4.69, 9.17) is 45.9 Å². The molecule has 26 N–H and O–H groups in total. The molecule has 0 spiro atoms. The topological polar surface area (TPSA) is 507 Å². The van der Waals surface area contributed by atoms with Crippen LogP contribution in [0.25, 0.3) is 0 Å². The molecule has 75 heavy (non-hydrogen) atoms. The summed E-state index contributed by atoms with van der Waals surface area (Å²) in [6.45, 7) is -1.65. The quantitative estimate of drug-likeness (QED) is 0.0272. The van der Waals surface area contributed by atoms with Gasteiger partial charge in [-0.2, -0.15) is 0 Å². The zero-order valence-electron chi connectivity index (χ0n) is 43.1. The van der Waals surface area contributed by atoms with Crippen LogP contribution in [0.15, 0.2) is 30.3 Å². The number of carboxylic acids is 1. The Morgan fingerprint density at radius 3 is 0.853 bits per heavy atom. The first-order valence-corrected chi connectivity index (χ1v) is 25.5. The van der Waals surface area contributed by atoms with Gasteiger partial charge in [0.05, 0.1) is 0 Å². The minimum Gasteiger partial charge on any atom is -0.480 e. The van der Waals surface area contributed by atoms with Crippen molar-refractivity contribution in [1.82, 2.24) is 47.9 Å². The molecule has 0 radical (unpaired) electrons. The SMILES string of the molecule is CCCCCCCCCCCCCC(=O)N[C@H](CN)C(=O)N[C@H](CN)C(=O)N[C@H](CN)C(=O)N[C@H](CN)C(=O)N[C@H](CN)C(=O)N[C@H](CN)C(=O)N[C@H](CN)C(=O)N[C@H](CN)C(=O)N[C@@H](Cc1ccccc1)C(=O)O. The number of hydrogen-bond acceptors (Lipinski definition) is 18. The molecule has 0 aromatic heterocycles. The number of carbonyl (C=O) groups excluding carboxylic acids is 9. The van der Waals surface area contributed by atoms with Crippen LogP contribution in [-0.4, -0.2) is 171 Å². The average molecular weight is 1060 g/mol. The van der Waals surface area contributed by atoms with Crippen molar-refractivity contribution in [1.29, 1.82) is 0 Å². The summed E-state index contributed by atoms with van der Waals surface area (Å²) < 4.78 is 0. The Bertz CT molecular complexity index is 1950. The van der Waals surface area contributed by atoms with Crippen LogP contribution in [-0.2, 0) is 54.4 Å². The van der Waals surface area contributed by atoms with Crippen molar-refractivity contribution in [3.63, 3.8) is 0 Å². The first-order valence-electron chi connectivity index (χ1n) is 25.5. The van der Waals surface area contributed by atoms with Crippen LogP contribution in [0.1, 0.15) is 89.5 Å². The van der Waals surface area contributed by atoms with Crippen molar-refractivity contribution < 1.29 is 53.1 Å². The van der Waals surface area contributed by atoms with Gasteiger partial charge in [-0.05, 0) is 12.0 Å². The smallest absolute Gasteiger partial charge is 0.326 e. The third-order valence-electron chi connectivity index (χ3n) is 11.9. The number of hydrogen-bond donors (Lipinski definition) is 18. The predicted octanol–water partition coefficient (Wildman–Crippen LogP) is -6.95. The lowest BCUT2D eigenvalue weighted by atomic mass is 10.1. The van der Waals surface area contributed by atoms with Crippen LogP contribution in [0.3, 0.4) is 0 Å². The van der Waals surface area contributed by atoms with E-state index in [1.54, 1.807) is 30.3 Å². The fourth-order valence-corrected chi connectivity index (χ4v) is 7.30. The Labute approximate surface area is 437 Å². The molecular formula is C47H85N17O11. The van der Waals surface area contributed by atoms with Gasteiger partial charge in [0.15, 0.2) is 0 Å². The largest absolute Gasteiger partial charge is 0.480 e. The van der Waals surface area contributed by atoms with Crippen LogP contribution >= 0.6 is 0 Å². The van der Waals surface area contributed by atoms with Gasteiger partial charge in [-0.25, -0.2) is 4.79 Å². The van der Waals surface area contributed by atoms with E-state index >= 15 is 0 Å². The number of carbonyl (C=O) groups is 10. The molecular weight excluding hydrogens is 979 g/mol. The van der Waals surface area contributed by atoms with Gasteiger partial charge in [0.2, 0.25) is 53.2 Å². The van der Waals surface area contributed by atoms with Crippen LogP contribution in [0.4, 0.5) is 0 Å². The second-order valence-electron chi connectivity index (χ2n) is 17.8. The first kappa shape index (κ1) is 66.6. The van der Waals surface area contributed by atoms with Gasteiger partial charge < -0.3 is 98.8 Å². The molecule has 1 aromatic rings. The minimum absolute atomic E-state index is 0.0710. The van der Waals surface area contributed by atoms with E-state index in [9.17, 15) is 53.1 Å². The van der Waals surface area contributed by atoms with Crippen LogP contribution < -0.4 is 93.7 Å². The number of aliphatic carboxylic acids is 1. The summed E-state index contributed by atoms with van der Waals surface area (Å²) in [5.74, 6) is -9.43. The zero-order chi connectivity index (χ0) is 56.3. The fraction of sp³-hybridized carbons (Fsp3) is 0.660. The highest BCUT2D eigenvalue weighted by Gasteiger charge is 2.34. The molecule has 0 fully saturated rings. The minimum atomic E-state index is -1.55. The molecule has 0 aliphatic heterocycles. The van der Waals surface area contributed by atoms with E-state index in [0.29, 0.717) is 12.0 Å². The monoisotopic (exact) mass is 1060 g/mol. The van der Waals surface area contributed by atoms with Gasteiger partial charge in [-0.15, -0.1) is 0 Å². The lowest BCUT2D eigenvalue weighted by Gasteiger charge is -2.26. The van der Waals surface area contributed by atoms with Gasteiger partial charge in [0.25, 0.3) is 0 Å². The molecule has 0 unspecified atom stereocenters. The molecule has 424 valence electrons. The maximum absolute atomic E-state index is 13.3. The van der Waals surface area contributed by atoms with Gasteiger partial charge in [-0.3, -0.25) is 43.2 Å². The Kier molecular flexibility index (Phi) is 33.9. The van der Waals surface area contributed by atoms with Gasteiger partial charge in [0, 0.05) is 65.2 Å². The van der Waals surface area contributed by atoms with Crippen LogP contribution in [0.5, 0.6) is 0 Å². The Morgan fingerprint density at radius 2 is 0.600 bits per heavy atom. The van der Waals surface area contributed by atoms with Crippen molar-refractivity contribution in [3.8, 4) is 0 Å². The van der Waals surface area contributed by atoms with Gasteiger partial charge in [-0.1, -0.05) is 101 Å². The summed E-state index contributed by atoms with van der Waals surface area (Å²) in [5.41, 5.74) is 46.7. The molecule has 28 nitrogen and oxygen atoms in total. The zero-order valence-corrected chi connectivity index (χ0v) is 43.1. The lowest BCUT2D eigenvalue weighted by Crippen LogP contribution is -2.64. The highest BCUT2D eigenvalue weighted by atomic mass is 16.4. The third kappa shape index (κ3) is 25.6. The van der Waals surface area contributed by atoms with Gasteiger partial charge in [0.1, 0.15) is 54.4 Å². The summed E-state index contributed by atoms with van der Waals surface area (Å²) in [4.78, 5) is 130. The molecule has 0 saturated carbocycles. The van der Waals surface area contributed by atoms with Crippen molar-refractivity contribution >= 4 is 59.1 Å². The van der Waals surface area contributed by atoms with E-state index in [-0.39, 0.29) is 25.3 Å². The van der Waals surface area contributed by atoms with E-state index in [1.807, 2.05) is 0 Å². The van der Waals surface area contributed by atoms with Crippen molar-refractivity contribution in [2.24, 2.45) is 45.9 Å². The van der Waals surface area contributed by atoms with E-state index in [0.717, 1.165) is 25.7 Å². The highest BCUT2D eigenvalue weighted by molar-refractivity contribution is 5.98. The molecule has 28 heteroatoms. The maximum Gasteiger partial charge on any atom is 0.326 e. The van der Waals surface area contributed by atoms with Gasteiger partial charge >= 0.3 is 5.97 Å². The number of nitrogens with two attached hydrogens (primary N) is 8. The standard InChI is InChI=1S/C47H85N17O11/c1-2-3-4-5-6-7-8-9-10-11-15-18-38(65)56-30(20-48)39(66)58-32(22-50)41(68)60-34(24-52)43(70)62-36(26-54)45(72)64-37(27-55)46(73)63-35(25-53)44(71)61-33(23-51)42(69)59-31(21-49)40(67)57-29(47(74)75)19-28-16-13-12-14-17-28/h12-14,16-17,29-37H,2-11,15,18-27,48-55H2,1H3,(H,56,65)(H,57,67)(H,58,66)(H,59,69)(H,60,68)(H,61,71)(H,62,70)(H,63,73)(H,64,72)(H,74,75)/t29-,30+,31+,32+,33+,34+,35+,36+,37+/m0/s1. The number of benzene rings is 1. The maximum atomic E-state index is 13.3. The summed E-state index contributed by atoms with van der Waals surface area (Å²) in [6.07, 6.45) is 12.3. The van der Waals surface area contributed by atoms with Crippen molar-refractivity contribution in [2.45, 2.75) is 145 Å². The summed E-state index contributed by atoms with van der Waals surface area (Å²) >= 11 is 0. The van der Waals surface area contributed by atoms with E-state index in [2.05, 4.69) is 54.8 Å². The third-order valence-corrected chi connectivity index (χ3v) is 11.9. The number of carboxylic acid groups (broad SMARTS) is 1. The molecule has 0 heterocycles. The summed E-state index contributed by atoms with van der Waals surface area (Å²) in [7, 11) is 0. The molecule has 0 aliphatic rings. The Balaban J connectivity index is 2.79. The van der Waals surface area contributed by atoms with Crippen LogP contribution in [0.2, 0.25) is 0 Å². The van der Waals surface area contributed by atoms with Crippen molar-refractivity contribution in [3.05, 3.63) is 35.9 Å². The molecule has 9 amide bonds. The molecule has 1 rings (SSSR count). The number of amides is 9. The summed E-state index contributed by atoms with van der Waals surface area (Å²) in [5, 5.41) is 30.9.